The molecule has 2 rings (SSSR count). The number of benzene rings is 2. The van der Waals surface area contributed by atoms with Crippen LogP contribution in [0.4, 0.5) is 14.5 Å². The van der Waals surface area contributed by atoms with Crippen LogP contribution in [-0.2, 0) is 0 Å². The van der Waals surface area contributed by atoms with Crippen LogP contribution in [0.1, 0.15) is 0 Å². The number of rotatable bonds is 2. The zero-order chi connectivity index (χ0) is 11.5. The van der Waals surface area contributed by atoms with Crippen LogP contribution in [0.3, 0.4) is 0 Å². The molecule has 0 aliphatic rings. The van der Waals surface area contributed by atoms with Crippen LogP contribution in [0.15, 0.2) is 42.5 Å². The molecule has 0 spiro atoms. The van der Waals surface area contributed by atoms with Crippen molar-refractivity contribution >= 4 is 5.69 Å². The highest BCUT2D eigenvalue weighted by Gasteiger charge is 2.02. The molecule has 0 radical (unpaired) electrons. The molecule has 0 saturated carbocycles. The molecule has 0 heterocycles. The first-order valence-electron chi connectivity index (χ1n) is 4.63. The van der Waals surface area contributed by atoms with Gasteiger partial charge in [0.1, 0.15) is 23.1 Å². The average molecular weight is 221 g/mol. The first-order valence-corrected chi connectivity index (χ1v) is 4.63. The van der Waals surface area contributed by atoms with Gasteiger partial charge in [0.2, 0.25) is 0 Å². The number of halogens is 2. The summed E-state index contributed by atoms with van der Waals surface area (Å²) < 4.78 is 31.1. The van der Waals surface area contributed by atoms with Crippen LogP contribution in [0.5, 0.6) is 11.5 Å². The van der Waals surface area contributed by atoms with Crippen molar-refractivity contribution in [3.05, 3.63) is 54.1 Å². The third-order valence-corrected chi connectivity index (χ3v) is 1.93. The lowest BCUT2D eigenvalue weighted by Crippen LogP contribution is -1.90. The molecule has 2 N–H and O–H groups in total. The number of hydrogen-bond donors (Lipinski definition) is 1. The minimum absolute atomic E-state index is 0.239. The largest absolute Gasteiger partial charge is 0.457 e. The van der Waals surface area contributed by atoms with Crippen LogP contribution in [-0.4, -0.2) is 0 Å². The Morgan fingerprint density at radius 1 is 0.875 bits per heavy atom. The minimum Gasteiger partial charge on any atom is -0.457 e. The molecule has 0 amide bonds. The first kappa shape index (κ1) is 10.4. The van der Waals surface area contributed by atoms with E-state index in [0.29, 0.717) is 5.75 Å². The topological polar surface area (TPSA) is 35.2 Å². The number of nitrogen functional groups attached to an aromatic ring is 1. The van der Waals surface area contributed by atoms with Crippen molar-refractivity contribution in [2.45, 2.75) is 0 Å². The maximum absolute atomic E-state index is 13.0. The minimum atomic E-state index is -0.494. The van der Waals surface area contributed by atoms with Gasteiger partial charge in [-0.2, -0.15) is 0 Å². The number of ether oxygens (including phenoxy) is 1. The van der Waals surface area contributed by atoms with Crippen LogP contribution >= 0.6 is 0 Å². The molecule has 0 aliphatic carbocycles. The number of hydrogen-bond acceptors (Lipinski definition) is 2. The van der Waals surface area contributed by atoms with Gasteiger partial charge in [0.25, 0.3) is 0 Å². The molecule has 82 valence electrons. The molecule has 0 bridgehead atoms. The summed E-state index contributed by atoms with van der Waals surface area (Å²) in [7, 11) is 0. The summed E-state index contributed by atoms with van der Waals surface area (Å²) in [5.41, 5.74) is 5.70. The Kier molecular flexibility index (Phi) is 2.72. The first-order chi connectivity index (χ1) is 7.63. The zero-order valence-electron chi connectivity index (χ0n) is 8.28. The third kappa shape index (κ3) is 2.48. The smallest absolute Gasteiger partial charge is 0.132 e. The Bertz CT molecular complexity index is 494. The molecule has 0 saturated heterocycles. The summed E-state index contributed by atoms with van der Waals surface area (Å²) in [4.78, 5) is 0. The Morgan fingerprint density at radius 3 is 2.31 bits per heavy atom. The van der Waals surface area contributed by atoms with Gasteiger partial charge in [-0.1, -0.05) is 6.07 Å². The van der Waals surface area contributed by atoms with E-state index in [1.807, 2.05) is 0 Å². The van der Waals surface area contributed by atoms with E-state index in [9.17, 15) is 8.78 Å². The second-order valence-electron chi connectivity index (χ2n) is 3.28. The van der Waals surface area contributed by atoms with Crippen molar-refractivity contribution in [3.8, 4) is 11.5 Å². The molecule has 0 atom stereocenters. The van der Waals surface area contributed by atoms with Gasteiger partial charge in [-0.25, -0.2) is 8.78 Å². The van der Waals surface area contributed by atoms with Gasteiger partial charge in [0.15, 0.2) is 0 Å². The van der Waals surface area contributed by atoms with Gasteiger partial charge in [-0.05, 0) is 18.2 Å². The van der Waals surface area contributed by atoms with Crippen LogP contribution < -0.4 is 10.5 Å². The van der Waals surface area contributed by atoms with E-state index in [2.05, 4.69) is 0 Å². The average Bonchev–Trinajstić information content (AvgIpc) is 2.15. The SMILES string of the molecule is Nc1cc(F)cc(Oc2cccc(F)c2)c1. The van der Waals surface area contributed by atoms with Crippen molar-refractivity contribution in [1.29, 1.82) is 0 Å². The standard InChI is InChI=1S/C12H9F2NO/c13-8-2-1-3-11(5-8)16-12-6-9(14)4-10(15)7-12/h1-7H,15H2. The molecule has 2 aromatic carbocycles. The van der Waals surface area contributed by atoms with Crippen molar-refractivity contribution in [2.24, 2.45) is 0 Å². The van der Waals surface area contributed by atoms with E-state index in [4.69, 9.17) is 10.5 Å². The van der Waals surface area contributed by atoms with Crippen molar-refractivity contribution < 1.29 is 13.5 Å². The molecule has 0 aromatic heterocycles. The fourth-order valence-corrected chi connectivity index (χ4v) is 1.31. The van der Waals surface area contributed by atoms with Crippen LogP contribution in [0, 0.1) is 11.6 Å². The van der Waals surface area contributed by atoms with E-state index < -0.39 is 11.6 Å². The predicted octanol–water partition coefficient (Wildman–Crippen LogP) is 3.34. The molecule has 4 heteroatoms. The lowest BCUT2D eigenvalue weighted by atomic mass is 10.3. The van der Waals surface area contributed by atoms with Gasteiger partial charge >= 0.3 is 0 Å². The highest BCUT2D eigenvalue weighted by atomic mass is 19.1. The summed E-state index contributed by atoms with van der Waals surface area (Å²) in [6.45, 7) is 0. The molecular weight excluding hydrogens is 212 g/mol. The molecule has 0 fully saturated rings. The normalized spacial score (nSPS) is 10.1. The number of nitrogens with two attached hydrogens (primary N) is 1. The van der Waals surface area contributed by atoms with Crippen molar-refractivity contribution in [1.82, 2.24) is 0 Å². The fourth-order valence-electron chi connectivity index (χ4n) is 1.31. The predicted molar refractivity (Wildman–Crippen MR) is 57.3 cm³/mol. The maximum Gasteiger partial charge on any atom is 0.132 e. The highest BCUT2D eigenvalue weighted by Crippen LogP contribution is 2.24. The third-order valence-electron chi connectivity index (χ3n) is 1.93. The van der Waals surface area contributed by atoms with E-state index >= 15 is 0 Å². The summed E-state index contributed by atoms with van der Waals surface area (Å²) in [5.74, 6) is -0.374. The lowest BCUT2D eigenvalue weighted by molar-refractivity contribution is 0.472. The Morgan fingerprint density at radius 2 is 1.62 bits per heavy atom. The van der Waals surface area contributed by atoms with Gasteiger partial charge in [0, 0.05) is 23.9 Å². The molecule has 0 unspecified atom stereocenters. The van der Waals surface area contributed by atoms with Gasteiger partial charge in [0.05, 0.1) is 0 Å². The summed E-state index contributed by atoms with van der Waals surface area (Å²) in [6.07, 6.45) is 0. The van der Waals surface area contributed by atoms with E-state index in [-0.39, 0.29) is 11.4 Å². The Balaban J connectivity index is 2.27. The van der Waals surface area contributed by atoms with Gasteiger partial charge in [-0.15, -0.1) is 0 Å². The van der Waals surface area contributed by atoms with E-state index in [1.165, 1.54) is 36.4 Å². The van der Waals surface area contributed by atoms with Gasteiger partial charge < -0.3 is 10.5 Å². The monoisotopic (exact) mass is 221 g/mol. The molecule has 2 nitrogen and oxygen atoms in total. The summed E-state index contributed by atoms with van der Waals surface area (Å²) >= 11 is 0. The van der Waals surface area contributed by atoms with Gasteiger partial charge in [-0.3, -0.25) is 0 Å². The van der Waals surface area contributed by atoms with Crippen molar-refractivity contribution in [3.63, 3.8) is 0 Å². The number of anilines is 1. The Labute approximate surface area is 91.3 Å². The van der Waals surface area contributed by atoms with E-state index in [1.54, 1.807) is 6.07 Å². The Hall–Kier alpha value is -2.10. The second kappa shape index (κ2) is 4.18. The molecule has 2 aromatic rings. The summed E-state index contributed by atoms with van der Waals surface area (Å²) in [6, 6.07) is 9.42. The highest BCUT2D eigenvalue weighted by molar-refractivity contribution is 5.45. The maximum atomic E-state index is 13.0. The lowest BCUT2D eigenvalue weighted by Gasteiger charge is -2.06. The van der Waals surface area contributed by atoms with Crippen molar-refractivity contribution in [2.75, 3.05) is 5.73 Å². The molecule has 0 aliphatic heterocycles. The summed E-state index contributed by atoms with van der Waals surface area (Å²) in [5, 5.41) is 0. The second-order valence-corrected chi connectivity index (χ2v) is 3.28. The fraction of sp³-hybridized carbons (Fsp3) is 0. The van der Waals surface area contributed by atoms with Crippen LogP contribution in [0.2, 0.25) is 0 Å². The molecule has 16 heavy (non-hydrogen) atoms. The van der Waals surface area contributed by atoms with Crippen LogP contribution in [0.25, 0.3) is 0 Å². The quantitative estimate of drug-likeness (QED) is 0.789. The van der Waals surface area contributed by atoms with E-state index in [0.717, 1.165) is 0 Å². The molecular formula is C12H9F2NO. The zero-order valence-corrected chi connectivity index (χ0v) is 8.28.